The highest BCUT2D eigenvalue weighted by Crippen LogP contribution is 2.20. The van der Waals surface area contributed by atoms with Gasteiger partial charge in [0.15, 0.2) is 0 Å². The van der Waals surface area contributed by atoms with Crippen LogP contribution in [0.5, 0.6) is 0 Å². The van der Waals surface area contributed by atoms with E-state index in [4.69, 9.17) is 0 Å². The SMILES string of the molecule is Cc1nc(N/N=C\c2ccccc2F)sc1C. The first-order chi connectivity index (χ1) is 8.16. The van der Waals surface area contributed by atoms with Gasteiger partial charge in [0.2, 0.25) is 5.13 Å². The van der Waals surface area contributed by atoms with Gasteiger partial charge in [-0.15, -0.1) is 11.3 Å². The standard InChI is InChI=1S/C12H12FN3S/c1-8-9(2)17-12(15-8)16-14-7-10-5-3-4-6-11(10)13/h3-7H,1-2H3,(H,15,16)/b14-7-. The van der Waals surface area contributed by atoms with Crippen molar-refractivity contribution in [2.75, 3.05) is 5.43 Å². The molecule has 17 heavy (non-hydrogen) atoms. The van der Waals surface area contributed by atoms with Crippen LogP contribution >= 0.6 is 11.3 Å². The van der Waals surface area contributed by atoms with Crippen LogP contribution in [0.25, 0.3) is 0 Å². The number of rotatable bonds is 3. The minimum atomic E-state index is -0.287. The van der Waals surface area contributed by atoms with Gasteiger partial charge in [-0.1, -0.05) is 18.2 Å². The number of thiazole rings is 1. The molecule has 1 heterocycles. The maximum absolute atomic E-state index is 13.3. The monoisotopic (exact) mass is 249 g/mol. The van der Waals surface area contributed by atoms with Crippen molar-refractivity contribution >= 4 is 22.7 Å². The van der Waals surface area contributed by atoms with E-state index in [1.165, 1.54) is 23.6 Å². The Morgan fingerprint density at radius 3 is 2.76 bits per heavy atom. The van der Waals surface area contributed by atoms with Crippen molar-refractivity contribution in [3.05, 3.63) is 46.2 Å². The van der Waals surface area contributed by atoms with E-state index in [1.807, 2.05) is 13.8 Å². The van der Waals surface area contributed by atoms with Crippen molar-refractivity contribution in [3.8, 4) is 0 Å². The second-order valence-electron chi connectivity index (χ2n) is 3.55. The van der Waals surface area contributed by atoms with Crippen molar-refractivity contribution < 1.29 is 4.39 Å². The molecule has 0 aliphatic rings. The highest BCUT2D eigenvalue weighted by atomic mass is 32.1. The summed E-state index contributed by atoms with van der Waals surface area (Å²) in [4.78, 5) is 5.41. The van der Waals surface area contributed by atoms with Crippen LogP contribution in [-0.2, 0) is 0 Å². The summed E-state index contributed by atoms with van der Waals surface area (Å²) in [5.41, 5.74) is 4.23. The van der Waals surface area contributed by atoms with Gasteiger partial charge in [0.05, 0.1) is 11.9 Å². The third-order valence-electron chi connectivity index (χ3n) is 2.30. The Morgan fingerprint density at radius 2 is 2.12 bits per heavy atom. The first kappa shape index (κ1) is 11.7. The van der Waals surface area contributed by atoms with Crippen LogP contribution in [0, 0.1) is 19.7 Å². The molecule has 1 N–H and O–H groups in total. The number of hydrazone groups is 1. The molecule has 1 aromatic heterocycles. The number of hydrogen-bond acceptors (Lipinski definition) is 4. The van der Waals surface area contributed by atoms with E-state index >= 15 is 0 Å². The molecule has 5 heteroatoms. The summed E-state index contributed by atoms with van der Waals surface area (Å²) in [5.74, 6) is -0.287. The Morgan fingerprint density at radius 1 is 1.35 bits per heavy atom. The van der Waals surface area contributed by atoms with Gasteiger partial charge in [0.25, 0.3) is 0 Å². The fourth-order valence-corrected chi connectivity index (χ4v) is 2.02. The maximum Gasteiger partial charge on any atom is 0.203 e. The lowest BCUT2D eigenvalue weighted by molar-refractivity contribution is 0.626. The van der Waals surface area contributed by atoms with Crippen molar-refractivity contribution in [2.24, 2.45) is 5.10 Å². The number of aryl methyl sites for hydroxylation is 2. The van der Waals surface area contributed by atoms with E-state index in [-0.39, 0.29) is 5.82 Å². The zero-order valence-corrected chi connectivity index (χ0v) is 10.4. The quantitative estimate of drug-likeness (QED) is 0.669. The molecular weight excluding hydrogens is 237 g/mol. The summed E-state index contributed by atoms with van der Waals surface area (Å²) in [6, 6.07) is 6.48. The largest absolute Gasteiger partial charge is 0.253 e. The fourth-order valence-electron chi connectivity index (χ4n) is 1.26. The maximum atomic E-state index is 13.3. The molecule has 3 nitrogen and oxygen atoms in total. The Hall–Kier alpha value is -1.75. The summed E-state index contributed by atoms with van der Waals surface area (Å²) in [6.45, 7) is 3.94. The first-order valence-corrected chi connectivity index (χ1v) is 5.96. The summed E-state index contributed by atoms with van der Waals surface area (Å²) < 4.78 is 13.3. The van der Waals surface area contributed by atoms with Crippen LogP contribution in [0.1, 0.15) is 16.1 Å². The Balaban J connectivity index is 2.05. The Labute approximate surface area is 103 Å². The van der Waals surface area contributed by atoms with Gasteiger partial charge in [-0.05, 0) is 19.9 Å². The molecule has 0 fully saturated rings. The van der Waals surface area contributed by atoms with Crippen LogP contribution < -0.4 is 5.43 Å². The van der Waals surface area contributed by atoms with Crippen molar-refractivity contribution in [1.29, 1.82) is 0 Å². The molecule has 0 atom stereocenters. The van der Waals surface area contributed by atoms with Crippen LogP contribution in [0.15, 0.2) is 29.4 Å². The molecule has 2 aromatic rings. The fraction of sp³-hybridized carbons (Fsp3) is 0.167. The van der Waals surface area contributed by atoms with Crippen LogP contribution in [0.4, 0.5) is 9.52 Å². The van der Waals surface area contributed by atoms with E-state index in [9.17, 15) is 4.39 Å². The van der Waals surface area contributed by atoms with Crippen molar-refractivity contribution in [2.45, 2.75) is 13.8 Å². The van der Waals surface area contributed by atoms with Crippen molar-refractivity contribution in [1.82, 2.24) is 4.98 Å². The summed E-state index contributed by atoms with van der Waals surface area (Å²) in [6.07, 6.45) is 1.45. The molecule has 2 rings (SSSR count). The van der Waals surface area contributed by atoms with E-state index in [1.54, 1.807) is 18.2 Å². The third-order valence-corrected chi connectivity index (χ3v) is 3.28. The Kier molecular flexibility index (Phi) is 3.49. The molecule has 0 aliphatic carbocycles. The molecule has 0 aliphatic heterocycles. The lowest BCUT2D eigenvalue weighted by atomic mass is 10.2. The molecular formula is C12H12FN3S. The van der Waals surface area contributed by atoms with Crippen LogP contribution in [-0.4, -0.2) is 11.2 Å². The first-order valence-electron chi connectivity index (χ1n) is 5.14. The van der Waals surface area contributed by atoms with Gasteiger partial charge in [0, 0.05) is 10.4 Å². The second-order valence-corrected chi connectivity index (χ2v) is 4.76. The van der Waals surface area contributed by atoms with E-state index < -0.39 is 0 Å². The topological polar surface area (TPSA) is 37.3 Å². The molecule has 0 bridgehead atoms. The molecule has 0 saturated heterocycles. The third kappa shape index (κ3) is 2.88. The van der Waals surface area contributed by atoms with Crippen LogP contribution in [0.3, 0.4) is 0 Å². The highest BCUT2D eigenvalue weighted by Gasteiger charge is 2.01. The minimum Gasteiger partial charge on any atom is -0.253 e. The highest BCUT2D eigenvalue weighted by molar-refractivity contribution is 7.15. The molecule has 0 saturated carbocycles. The lowest BCUT2D eigenvalue weighted by Crippen LogP contribution is -1.92. The summed E-state index contributed by atoms with van der Waals surface area (Å²) in [5, 5.41) is 4.68. The molecule has 0 amide bonds. The number of aromatic nitrogens is 1. The molecule has 0 unspecified atom stereocenters. The van der Waals surface area contributed by atoms with E-state index in [0.29, 0.717) is 10.7 Å². The number of nitrogens with zero attached hydrogens (tertiary/aromatic N) is 2. The number of hydrogen-bond donors (Lipinski definition) is 1. The van der Waals surface area contributed by atoms with Gasteiger partial charge in [-0.25, -0.2) is 9.37 Å². The van der Waals surface area contributed by atoms with Gasteiger partial charge >= 0.3 is 0 Å². The van der Waals surface area contributed by atoms with Gasteiger partial charge in [-0.3, -0.25) is 5.43 Å². The van der Waals surface area contributed by atoms with Gasteiger partial charge < -0.3 is 0 Å². The minimum absolute atomic E-state index is 0.287. The number of halogens is 1. The lowest BCUT2D eigenvalue weighted by Gasteiger charge is -1.95. The molecule has 88 valence electrons. The number of nitrogens with one attached hydrogen (secondary N) is 1. The average Bonchev–Trinajstić information content (AvgIpc) is 2.61. The number of benzene rings is 1. The van der Waals surface area contributed by atoms with Crippen molar-refractivity contribution in [3.63, 3.8) is 0 Å². The van der Waals surface area contributed by atoms with Gasteiger partial charge in [0.1, 0.15) is 5.82 Å². The normalized spacial score (nSPS) is 11.0. The smallest absolute Gasteiger partial charge is 0.203 e. The van der Waals surface area contributed by atoms with E-state index in [0.717, 1.165) is 10.6 Å². The number of anilines is 1. The summed E-state index contributed by atoms with van der Waals surface area (Å²) >= 11 is 1.52. The molecule has 1 aromatic carbocycles. The predicted molar refractivity (Wildman–Crippen MR) is 69.2 cm³/mol. The van der Waals surface area contributed by atoms with Gasteiger partial charge in [-0.2, -0.15) is 5.10 Å². The zero-order valence-electron chi connectivity index (χ0n) is 9.57. The Bertz CT molecular complexity index is 529. The second kappa shape index (κ2) is 5.05. The average molecular weight is 249 g/mol. The zero-order chi connectivity index (χ0) is 12.3. The molecule has 0 radical (unpaired) electrons. The summed E-state index contributed by atoms with van der Waals surface area (Å²) in [7, 11) is 0. The van der Waals surface area contributed by atoms with Crippen LogP contribution in [0.2, 0.25) is 0 Å². The van der Waals surface area contributed by atoms with E-state index in [2.05, 4.69) is 15.5 Å². The molecule has 0 spiro atoms. The predicted octanol–water partition coefficient (Wildman–Crippen LogP) is 3.35.